The number of fused-ring (bicyclic) bond motifs is 1. The summed E-state index contributed by atoms with van der Waals surface area (Å²) in [6, 6.07) is 16.5. The van der Waals surface area contributed by atoms with E-state index in [4.69, 9.17) is 5.73 Å². The van der Waals surface area contributed by atoms with Crippen molar-refractivity contribution in [1.29, 1.82) is 0 Å². The Morgan fingerprint density at radius 1 is 1.13 bits per heavy atom. The highest BCUT2D eigenvalue weighted by molar-refractivity contribution is 6.02. The summed E-state index contributed by atoms with van der Waals surface area (Å²) in [6.07, 6.45) is 7.95. The third-order valence-electron chi connectivity index (χ3n) is 5.94. The van der Waals surface area contributed by atoms with Gasteiger partial charge in [-0.05, 0) is 53.3 Å². The van der Waals surface area contributed by atoms with Gasteiger partial charge in [0.2, 0.25) is 5.91 Å². The first-order chi connectivity index (χ1) is 14.7. The number of rotatable bonds is 5. The molecule has 1 amide bonds. The smallest absolute Gasteiger partial charge is 0.247 e. The Morgan fingerprint density at radius 2 is 2.00 bits per heavy atom. The zero-order valence-corrected chi connectivity index (χ0v) is 16.7. The molecule has 2 aromatic carbocycles. The number of amides is 1. The molecule has 2 aromatic heterocycles. The maximum Gasteiger partial charge on any atom is 0.247 e. The number of pyridine rings is 1. The van der Waals surface area contributed by atoms with E-state index in [9.17, 15) is 4.79 Å². The van der Waals surface area contributed by atoms with Crippen LogP contribution in [0.4, 0.5) is 0 Å². The summed E-state index contributed by atoms with van der Waals surface area (Å²) in [4.78, 5) is 20.7. The van der Waals surface area contributed by atoms with Crippen LogP contribution >= 0.6 is 0 Å². The zero-order chi connectivity index (χ0) is 20.5. The van der Waals surface area contributed by atoms with E-state index >= 15 is 0 Å². The second-order valence-electron chi connectivity index (χ2n) is 7.86. The van der Waals surface area contributed by atoms with Gasteiger partial charge in [0.1, 0.15) is 5.65 Å². The lowest BCUT2D eigenvalue weighted by Crippen LogP contribution is -2.42. The summed E-state index contributed by atoms with van der Waals surface area (Å²) in [5.41, 5.74) is 11.1. The second kappa shape index (κ2) is 7.76. The van der Waals surface area contributed by atoms with Gasteiger partial charge in [0.15, 0.2) is 0 Å². The van der Waals surface area contributed by atoms with E-state index in [0.717, 1.165) is 28.6 Å². The van der Waals surface area contributed by atoms with Gasteiger partial charge in [-0.25, -0.2) is 4.98 Å². The molecule has 0 saturated heterocycles. The van der Waals surface area contributed by atoms with Gasteiger partial charge >= 0.3 is 0 Å². The normalized spacial score (nSPS) is 14.4. The first kappa shape index (κ1) is 18.6. The Kier molecular flexibility index (Phi) is 4.81. The molecule has 1 aliphatic rings. The molecule has 0 radical (unpaired) electrons. The summed E-state index contributed by atoms with van der Waals surface area (Å²) in [7, 11) is 0. The van der Waals surface area contributed by atoms with E-state index in [-0.39, 0.29) is 11.9 Å². The fraction of sp³-hybridized carbons (Fsp3) is 0.200. The average Bonchev–Trinajstić information content (AvgIpc) is 3.09. The van der Waals surface area contributed by atoms with Gasteiger partial charge in [0.05, 0.1) is 0 Å². The molecule has 1 aliphatic carbocycles. The fourth-order valence-corrected chi connectivity index (χ4v) is 4.39. The molecule has 0 aliphatic heterocycles. The van der Waals surface area contributed by atoms with Crippen LogP contribution in [0.15, 0.2) is 66.5 Å². The van der Waals surface area contributed by atoms with E-state index in [0.29, 0.717) is 19.4 Å². The van der Waals surface area contributed by atoms with Crippen LogP contribution in [0.2, 0.25) is 0 Å². The summed E-state index contributed by atoms with van der Waals surface area (Å²) in [6.45, 7) is 0.390. The molecule has 4 aromatic rings. The maximum absolute atomic E-state index is 13.1. The van der Waals surface area contributed by atoms with Gasteiger partial charge < -0.3 is 16.0 Å². The summed E-state index contributed by atoms with van der Waals surface area (Å²) in [5, 5.41) is 6.70. The number of benzene rings is 2. The number of carbonyl (C=O) groups excluding carboxylic acids is 1. The average molecular weight is 396 g/mol. The van der Waals surface area contributed by atoms with Crippen molar-refractivity contribution in [3.8, 4) is 0 Å². The molecule has 0 spiro atoms. The largest absolute Gasteiger partial charge is 0.348 e. The Hall–Kier alpha value is -3.44. The van der Waals surface area contributed by atoms with Crippen LogP contribution in [0.1, 0.15) is 23.1 Å². The maximum atomic E-state index is 13.1. The second-order valence-corrected chi connectivity index (χ2v) is 7.86. The van der Waals surface area contributed by atoms with Gasteiger partial charge in [0.25, 0.3) is 0 Å². The first-order valence-electron chi connectivity index (χ1n) is 10.4. The molecule has 5 nitrogen and oxygen atoms in total. The SMILES string of the molecule is NC[C@H](Cc1cccc2ccccc12)NC(=O)C1=Cc2c[nH]c3nccc(c23)CC1. The number of hydrogen-bond acceptors (Lipinski definition) is 3. The Morgan fingerprint density at radius 3 is 2.90 bits per heavy atom. The van der Waals surface area contributed by atoms with Gasteiger partial charge in [-0.1, -0.05) is 42.5 Å². The van der Waals surface area contributed by atoms with Crippen molar-refractivity contribution in [2.24, 2.45) is 5.73 Å². The number of nitrogens with zero attached hydrogens (tertiary/aromatic N) is 1. The number of aryl methyl sites for hydroxylation is 1. The van der Waals surface area contributed by atoms with Gasteiger partial charge in [0, 0.05) is 41.5 Å². The van der Waals surface area contributed by atoms with Crippen LogP contribution in [0.25, 0.3) is 27.9 Å². The molecule has 4 N–H and O–H groups in total. The van der Waals surface area contributed by atoms with Gasteiger partial charge in [-0.3, -0.25) is 4.79 Å². The van der Waals surface area contributed by atoms with Crippen molar-refractivity contribution in [3.63, 3.8) is 0 Å². The van der Waals surface area contributed by atoms with Crippen LogP contribution in [0.5, 0.6) is 0 Å². The third kappa shape index (κ3) is 3.37. The molecule has 0 unspecified atom stereocenters. The number of carbonyl (C=O) groups is 1. The van der Waals surface area contributed by atoms with Crippen LogP contribution in [0.3, 0.4) is 0 Å². The number of aromatic nitrogens is 2. The van der Waals surface area contributed by atoms with Crippen molar-refractivity contribution >= 4 is 33.8 Å². The van der Waals surface area contributed by atoms with Crippen LogP contribution in [0, 0.1) is 0 Å². The quantitative estimate of drug-likeness (QED) is 0.481. The minimum Gasteiger partial charge on any atom is -0.348 e. The number of nitrogens with one attached hydrogen (secondary N) is 2. The summed E-state index contributed by atoms with van der Waals surface area (Å²) in [5.74, 6) is -0.0409. The zero-order valence-electron chi connectivity index (χ0n) is 16.7. The van der Waals surface area contributed by atoms with Crippen LogP contribution < -0.4 is 11.1 Å². The van der Waals surface area contributed by atoms with Crippen molar-refractivity contribution < 1.29 is 4.79 Å². The van der Waals surface area contributed by atoms with E-state index in [1.165, 1.54) is 21.9 Å². The number of aromatic amines is 1. The molecule has 0 bridgehead atoms. The standard InChI is InChI=1S/C25H24N4O/c26-14-21(13-18-6-3-5-16-4-1-2-7-22(16)18)29-25(30)19-9-8-17-10-11-27-24-23(17)20(12-19)15-28-24/h1-7,10-12,15,21H,8-9,13-14,26H2,(H,27,28)(H,29,30)/t21-/m0/s1. The Labute approximate surface area is 175 Å². The van der Waals surface area contributed by atoms with E-state index in [1.54, 1.807) is 0 Å². The minimum atomic E-state index is -0.122. The first-order valence-corrected chi connectivity index (χ1v) is 10.4. The molecular weight excluding hydrogens is 372 g/mol. The third-order valence-corrected chi connectivity index (χ3v) is 5.94. The molecule has 5 heteroatoms. The fourth-order valence-electron chi connectivity index (χ4n) is 4.39. The van der Waals surface area contributed by atoms with Crippen molar-refractivity contribution in [2.75, 3.05) is 6.54 Å². The molecular formula is C25H24N4O. The van der Waals surface area contributed by atoms with E-state index in [2.05, 4.69) is 45.6 Å². The predicted molar refractivity (Wildman–Crippen MR) is 121 cm³/mol. The molecule has 2 heterocycles. The van der Waals surface area contributed by atoms with Crippen molar-refractivity contribution in [1.82, 2.24) is 15.3 Å². The van der Waals surface area contributed by atoms with Crippen LogP contribution in [-0.2, 0) is 17.6 Å². The Balaban J connectivity index is 1.37. The van der Waals surface area contributed by atoms with Crippen LogP contribution in [-0.4, -0.2) is 28.5 Å². The lowest BCUT2D eigenvalue weighted by atomic mass is 9.98. The molecule has 5 rings (SSSR count). The number of nitrogens with two attached hydrogens (primary N) is 1. The molecule has 0 fully saturated rings. The predicted octanol–water partition coefficient (Wildman–Crippen LogP) is 3.73. The lowest BCUT2D eigenvalue weighted by molar-refractivity contribution is -0.118. The topological polar surface area (TPSA) is 83.8 Å². The van der Waals surface area contributed by atoms with E-state index in [1.807, 2.05) is 36.7 Å². The van der Waals surface area contributed by atoms with Gasteiger partial charge in [-0.15, -0.1) is 0 Å². The van der Waals surface area contributed by atoms with Gasteiger partial charge in [-0.2, -0.15) is 0 Å². The molecule has 30 heavy (non-hydrogen) atoms. The van der Waals surface area contributed by atoms with E-state index < -0.39 is 0 Å². The summed E-state index contributed by atoms with van der Waals surface area (Å²) >= 11 is 0. The monoisotopic (exact) mass is 396 g/mol. The number of hydrogen-bond donors (Lipinski definition) is 3. The highest BCUT2D eigenvalue weighted by Crippen LogP contribution is 2.29. The van der Waals surface area contributed by atoms with Crippen molar-refractivity contribution in [3.05, 3.63) is 83.2 Å². The summed E-state index contributed by atoms with van der Waals surface area (Å²) < 4.78 is 0. The highest BCUT2D eigenvalue weighted by atomic mass is 16.1. The highest BCUT2D eigenvalue weighted by Gasteiger charge is 2.20. The molecule has 150 valence electrons. The lowest BCUT2D eigenvalue weighted by Gasteiger charge is -2.19. The number of H-pyrrole nitrogens is 1. The minimum absolute atomic E-state index is 0.0409. The molecule has 0 saturated carbocycles. The Bertz CT molecular complexity index is 1270. The molecule has 1 atom stereocenters. The van der Waals surface area contributed by atoms with Crippen molar-refractivity contribution in [2.45, 2.75) is 25.3 Å².